The number of nitrogens with zero attached hydrogens (tertiary/aromatic N) is 2. The topological polar surface area (TPSA) is 40.6 Å². The molecule has 0 N–H and O–H groups in total. The van der Waals surface area contributed by atoms with Gasteiger partial charge in [-0.2, -0.15) is 0 Å². The molecule has 0 aromatic heterocycles. The Bertz CT molecular complexity index is 816. The van der Waals surface area contributed by atoms with Crippen molar-refractivity contribution in [2.75, 3.05) is 18.5 Å². The van der Waals surface area contributed by atoms with Crippen LogP contribution in [-0.2, 0) is 16.1 Å². The molecule has 0 bridgehead atoms. The third kappa shape index (κ3) is 2.21. The molecular formula is C20H20N2O2. The molecule has 2 aromatic rings. The number of likely N-dealkylation sites (tertiary alicyclic amines) is 1. The average molecular weight is 320 g/mol. The molecule has 0 saturated carbocycles. The number of rotatable bonds is 2. The molecule has 24 heavy (non-hydrogen) atoms. The van der Waals surface area contributed by atoms with Gasteiger partial charge in [-0.25, -0.2) is 0 Å². The van der Waals surface area contributed by atoms with E-state index in [1.165, 1.54) is 4.90 Å². The molecule has 2 aromatic carbocycles. The van der Waals surface area contributed by atoms with Gasteiger partial charge < -0.3 is 4.90 Å². The van der Waals surface area contributed by atoms with Crippen molar-refractivity contribution in [1.29, 1.82) is 0 Å². The Balaban J connectivity index is 1.71. The first kappa shape index (κ1) is 14.9. The molecule has 0 aliphatic carbocycles. The minimum atomic E-state index is -0.340. The summed E-state index contributed by atoms with van der Waals surface area (Å²) in [5.41, 5.74) is 4.19. The molecule has 2 aliphatic rings. The van der Waals surface area contributed by atoms with Crippen LogP contribution < -0.4 is 4.90 Å². The van der Waals surface area contributed by atoms with Gasteiger partial charge in [0, 0.05) is 19.3 Å². The van der Waals surface area contributed by atoms with E-state index in [1.807, 2.05) is 56.4 Å². The summed E-state index contributed by atoms with van der Waals surface area (Å²) in [5, 5.41) is 0. The van der Waals surface area contributed by atoms with Crippen LogP contribution >= 0.6 is 0 Å². The average Bonchev–Trinajstić information content (AvgIpc) is 2.81. The van der Waals surface area contributed by atoms with Crippen molar-refractivity contribution >= 4 is 17.5 Å². The second-order valence-electron chi connectivity index (χ2n) is 6.78. The van der Waals surface area contributed by atoms with Crippen molar-refractivity contribution in [3.8, 4) is 0 Å². The maximum absolute atomic E-state index is 13.0. The van der Waals surface area contributed by atoms with Crippen molar-refractivity contribution in [3.63, 3.8) is 0 Å². The fourth-order valence-electron chi connectivity index (χ4n) is 3.89. The molecule has 2 amide bonds. The number of amides is 2. The van der Waals surface area contributed by atoms with E-state index >= 15 is 0 Å². The quantitative estimate of drug-likeness (QED) is 0.799. The second kappa shape index (κ2) is 5.48. The van der Waals surface area contributed by atoms with E-state index < -0.39 is 0 Å². The first-order valence-electron chi connectivity index (χ1n) is 8.27. The molecule has 122 valence electrons. The lowest BCUT2D eigenvalue weighted by Crippen LogP contribution is -2.37. The SMILES string of the molecule is Cc1ccc2c(c1)N(C)C[C@H]1C(=O)N(Cc3ccccc3)C(=O)[C@@H]21. The maximum Gasteiger partial charge on any atom is 0.237 e. The van der Waals surface area contributed by atoms with Gasteiger partial charge in [-0.15, -0.1) is 0 Å². The lowest BCUT2D eigenvalue weighted by atomic mass is 9.83. The van der Waals surface area contributed by atoms with Gasteiger partial charge in [-0.3, -0.25) is 14.5 Å². The van der Waals surface area contributed by atoms with Gasteiger partial charge in [0.15, 0.2) is 0 Å². The van der Waals surface area contributed by atoms with Crippen LogP contribution in [0.25, 0.3) is 0 Å². The highest BCUT2D eigenvalue weighted by Gasteiger charge is 2.51. The van der Waals surface area contributed by atoms with Crippen molar-refractivity contribution in [2.24, 2.45) is 5.92 Å². The Morgan fingerprint density at radius 2 is 1.79 bits per heavy atom. The predicted molar refractivity (Wildman–Crippen MR) is 92.7 cm³/mol. The number of anilines is 1. The summed E-state index contributed by atoms with van der Waals surface area (Å²) in [5.74, 6) is -0.728. The summed E-state index contributed by atoms with van der Waals surface area (Å²) in [6.45, 7) is 3.00. The zero-order valence-corrected chi connectivity index (χ0v) is 13.9. The molecule has 1 fully saturated rings. The van der Waals surface area contributed by atoms with Crippen LogP contribution in [0, 0.1) is 12.8 Å². The summed E-state index contributed by atoms with van der Waals surface area (Å²) < 4.78 is 0. The summed E-state index contributed by atoms with van der Waals surface area (Å²) >= 11 is 0. The van der Waals surface area contributed by atoms with Crippen molar-refractivity contribution < 1.29 is 9.59 Å². The first-order chi connectivity index (χ1) is 11.6. The highest BCUT2D eigenvalue weighted by atomic mass is 16.2. The molecule has 4 rings (SSSR count). The molecule has 1 saturated heterocycles. The monoisotopic (exact) mass is 320 g/mol. The largest absolute Gasteiger partial charge is 0.374 e. The van der Waals surface area contributed by atoms with E-state index in [0.29, 0.717) is 13.1 Å². The molecule has 2 atom stereocenters. The molecule has 2 heterocycles. The summed E-state index contributed by atoms with van der Waals surface area (Å²) in [7, 11) is 1.99. The summed E-state index contributed by atoms with van der Waals surface area (Å²) in [6, 6.07) is 15.8. The van der Waals surface area contributed by atoms with Gasteiger partial charge in [-0.05, 0) is 29.7 Å². The Morgan fingerprint density at radius 1 is 1.04 bits per heavy atom. The number of carbonyl (C=O) groups excluding carboxylic acids is 2. The molecule has 4 heteroatoms. The Labute approximate surface area is 141 Å². The Hall–Kier alpha value is -2.62. The van der Waals surface area contributed by atoms with Crippen LogP contribution in [0.1, 0.15) is 22.6 Å². The minimum absolute atomic E-state index is 0.0491. The summed E-state index contributed by atoms with van der Waals surface area (Å²) in [6.07, 6.45) is 0. The van der Waals surface area contributed by atoms with Gasteiger partial charge in [0.2, 0.25) is 11.8 Å². The smallest absolute Gasteiger partial charge is 0.237 e. The molecular weight excluding hydrogens is 300 g/mol. The fraction of sp³-hybridized carbons (Fsp3) is 0.300. The van der Waals surface area contributed by atoms with Crippen LogP contribution in [0.15, 0.2) is 48.5 Å². The van der Waals surface area contributed by atoms with Crippen LogP contribution in [0.5, 0.6) is 0 Å². The number of aryl methyl sites for hydroxylation is 1. The zero-order valence-electron chi connectivity index (χ0n) is 13.9. The van der Waals surface area contributed by atoms with E-state index in [1.54, 1.807) is 0 Å². The number of imide groups is 1. The normalized spacial score (nSPS) is 22.6. The van der Waals surface area contributed by atoms with Crippen LogP contribution in [0.3, 0.4) is 0 Å². The van der Waals surface area contributed by atoms with Gasteiger partial charge in [0.05, 0.1) is 18.4 Å². The van der Waals surface area contributed by atoms with E-state index in [2.05, 4.69) is 11.0 Å². The van der Waals surface area contributed by atoms with Crippen LogP contribution in [-0.4, -0.2) is 30.3 Å². The fourth-order valence-corrected chi connectivity index (χ4v) is 3.89. The standard InChI is InChI=1S/C20H20N2O2/c1-13-8-9-15-17(10-13)21(2)12-16-18(15)20(24)22(19(16)23)11-14-6-4-3-5-7-14/h3-10,16,18H,11-12H2,1-2H3/t16-,18+/m1/s1. The number of hydrogen-bond donors (Lipinski definition) is 0. The minimum Gasteiger partial charge on any atom is -0.374 e. The van der Waals surface area contributed by atoms with Crippen molar-refractivity contribution in [1.82, 2.24) is 4.90 Å². The lowest BCUT2D eigenvalue weighted by Gasteiger charge is -2.33. The molecule has 0 spiro atoms. The van der Waals surface area contributed by atoms with Crippen LogP contribution in [0.4, 0.5) is 5.69 Å². The predicted octanol–water partition coefficient (Wildman–Crippen LogP) is 2.71. The van der Waals surface area contributed by atoms with Gasteiger partial charge in [-0.1, -0.05) is 42.5 Å². The molecule has 0 radical (unpaired) electrons. The van der Waals surface area contributed by atoms with Gasteiger partial charge >= 0.3 is 0 Å². The van der Waals surface area contributed by atoms with E-state index in [9.17, 15) is 9.59 Å². The number of carbonyl (C=O) groups is 2. The molecule has 0 unspecified atom stereocenters. The van der Waals surface area contributed by atoms with Crippen molar-refractivity contribution in [2.45, 2.75) is 19.4 Å². The first-order valence-corrected chi connectivity index (χ1v) is 8.27. The third-order valence-corrected chi connectivity index (χ3v) is 5.10. The van der Waals surface area contributed by atoms with Crippen LogP contribution in [0.2, 0.25) is 0 Å². The third-order valence-electron chi connectivity index (χ3n) is 5.10. The number of fused-ring (bicyclic) bond motifs is 3. The van der Waals surface area contributed by atoms with E-state index in [0.717, 1.165) is 22.4 Å². The highest BCUT2D eigenvalue weighted by Crippen LogP contribution is 2.44. The maximum atomic E-state index is 13.0. The highest BCUT2D eigenvalue weighted by molar-refractivity contribution is 6.09. The van der Waals surface area contributed by atoms with Crippen molar-refractivity contribution in [3.05, 3.63) is 65.2 Å². The van der Waals surface area contributed by atoms with Gasteiger partial charge in [0.25, 0.3) is 0 Å². The number of hydrogen-bond acceptors (Lipinski definition) is 3. The lowest BCUT2D eigenvalue weighted by molar-refractivity contribution is -0.140. The second-order valence-corrected chi connectivity index (χ2v) is 6.78. The zero-order chi connectivity index (χ0) is 16.8. The van der Waals surface area contributed by atoms with E-state index in [4.69, 9.17) is 0 Å². The number of benzene rings is 2. The Morgan fingerprint density at radius 3 is 2.54 bits per heavy atom. The summed E-state index contributed by atoms with van der Waals surface area (Å²) in [4.78, 5) is 29.4. The molecule has 2 aliphatic heterocycles. The van der Waals surface area contributed by atoms with Gasteiger partial charge in [0.1, 0.15) is 0 Å². The van der Waals surface area contributed by atoms with E-state index in [-0.39, 0.29) is 23.7 Å². The Kier molecular flexibility index (Phi) is 3.41. The molecule has 4 nitrogen and oxygen atoms in total.